The molecule has 0 atom stereocenters. The zero-order chi connectivity index (χ0) is 21.7. The van der Waals surface area contributed by atoms with Gasteiger partial charge in [-0.3, -0.25) is 0 Å². The van der Waals surface area contributed by atoms with E-state index in [2.05, 4.69) is 11.3 Å². The van der Waals surface area contributed by atoms with Crippen LogP contribution in [0.25, 0.3) is 0 Å². The molecule has 0 aliphatic heterocycles. The van der Waals surface area contributed by atoms with Crippen LogP contribution in [-0.4, -0.2) is 6.36 Å². The summed E-state index contributed by atoms with van der Waals surface area (Å²) >= 11 is 0. The van der Waals surface area contributed by atoms with Crippen LogP contribution in [0.2, 0.25) is 0 Å². The van der Waals surface area contributed by atoms with Gasteiger partial charge in [-0.1, -0.05) is 31.8 Å². The number of hydrogen-bond donors (Lipinski definition) is 0. The molecule has 0 unspecified atom stereocenters. The van der Waals surface area contributed by atoms with E-state index >= 15 is 0 Å². The van der Waals surface area contributed by atoms with E-state index in [1.807, 2.05) is 6.08 Å². The molecule has 0 saturated heterocycles. The molecular formula is C24H31F5O. The molecule has 0 spiro atoms. The summed E-state index contributed by atoms with van der Waals surface area (Å²) in [6, 6.07) is 1.99. The first-order chi connectivity index (χ1) is 14.2. The third-order valence-electron chi connectivity index (χ3n) is 7.01. The van der Waals surface area contributed by atoms with Crippen molar-refractivity contribution in [3.05, 3.63) is 42.0 Å². The number of benzene rings is 1. The first-order valence-electron chi connectivity index (χ1n) is 11.1. The smallest absolute Gasteiger partial charge is 0.399 e. The molecule has 2 saturated carbocycles. The zero-order valence-corrected chi connectivity index (χ0v) is 17.3. The minimum absolute atomic E-state index is 0.0143. The standard InChI is InChI=1S/C24H31F5O/c1-2-3-16-4-6-17(7-5-16)8-9-18-10-12-19(13-11-18)20-14-21(25)23(22(26)15-20)30-24(27,28)29/h2,14-19H,1,3-13H2/t16-,17-,18-,19-. The number of rotatable bonds is 7. The van der Waals surface area contributed by atoms with Gasteiger partial charge in [-0.15, -0.1) is 19.8 Å². The van der Waals surface area contributed by atoms with E-state index in [-0.39, 0.29) is 5.92 Å². The molecule has 0 aromatic heterocycles. The second-order valence-electron chi connectivity index (χ2n) is 9.07. The van der Waals surface area contributed by atoms with Gasteiger partial charge in [-0.25, -0.2) is 8.78 Å². The summed E-state index contributed by atoms with van der Waals surface area (Å²) < 4.78 is 68.4. The third-order valence-corrected chi connectivity index (χ3v) is 7.01. The summed E-state index contributed by atoms with van der Waals surface area (Å²) in [6.45, 7) is 3.83. The molecule has 0 heterocycles. The van der Waals surface area contributed by atoms with Crippen molar-refractivity contribution in [1.82, 2.24) is 0 Å². The van der Waals surface area contributed by atoms with Crippen molar-refractivity contribution in [2.45, 2.75) is 82.9 Å². The molecule has 168 valence electrons. The minimum Gasteiger partial charge on any atom is -0.399 e. The maximum Gasteiger partial charge on any atom is 0.573 e. The lowest BCUT2D eigenvalue weighted by Crippen LogP contribution is -2.20. The average Bonchev–Trinajstić information content (AvgIpc) is 2.70. The molecule has 0 N–H and O–H groups in total. The second-order valence-corrected chi connectivity index (χ2v) is 9.07. The Morgan fingerprint density at radius 2 is 1.30 bits per heavy atom. The van der Waals surface area contributed by atoms with Crippen molar-refractivity contribution in [2.75, 3.05) is 0 Å². The van der Waals surface area contributed by atoms with Gasteiger partial charge in [0.1, 0.15) is 0 Å². The Bertz CT molecular complexity index is 675. The highest BCUT2D eigenvalue weighted by Crippen LogP contribution is 2.41. The average molecular weight is 431 g/mol. The summed E-state index contributed by atoms with van der Waals surface area (Å²) in [6.07, 6.45) is 9.32. The predicted octanol–water partition coefficient (Wildman–Crippen LogP) is 8.30. The molecule has 2 aliphatic rings. The van der Waals surface area contributed by atoms with Gasteiger partial charge in [-0.2, -0.15) is 0 Å². The van der Waals surface area contributed by atoms with Gasteiger partial charge in [-0.05, 0) is 86.3 Å². The lowest BCUT2D eigenvalue weighted by molar-refractivity contribution is -0.276. The molecule has 0 bridgehead atoms. The summed E-state index contributed by atoms with van der Waals surface area (Å²) in [4.78, 5) is 0. The number of alkyl halides is 3. The van der Waals surface area contributed by atoms with Crippen LogP contribution in [0.5, 0.6) is 5.75 Å². The van der Waals surface area contributed by atoms with Crippen LogP contribution in [-0.2, 0) is 0 Å². The molecule has 0 radical (unpaired) electrons. The van der Waals surface area contributed by atoms with E-state index < -0.39 is 23.7 Å². The summed E-state index contributed by atoms with van der Waals surface area (Å²) in [7, 11) is 0. The van der Waals surface area contributed by atoms with E-state index in [4.69, 9.17) is 0 Å². The lowest BCUT2D eigenvalue weighted by atomic mass is 9.74. The van der Waals surface area contributed by atoms with E-state index in [1.54, 1.807) is 0 Å². The number of hydrogen-bond acceptors (Lipinski definition) is 1. The summed E-state index contributed by atoms with van der Waals surface area (Å²) in [5.41, 5.74) is 0.429. The van der Waals surface area contributed by atoms with Gasteiger partial charge in [0, 0.05) is 0 Å². The molecule has 6 heteroatoms. The number of ether oxygens (including phenoxy) is 1. The highest BCUT2D eigenvalue weighted by Gasteiger charge is 2.34. The Kier molecular flexibility index (Phi) is 7.81. The van der Waals surface area contributed by atoms with Crippen LogP contribution in [0.4, 0.5) is 22.0 Å². The summed E-state index contributed by atoms with van der Waals surface area (Å²) in [5, 5.41) is 0. The van der Waals surface area contributed by atoms with Crippen molar-refractivity contribution in [1.29, 1.82) is 0 Å². The molecule has 1 nitrogen and oxygen atoms in total. The maximum absolute atomic E-state index is 14.0. The normalized spacial score (nSPS) is 27.6. The van der Waals surface area contributed by atoms with Crippen molar-refractivity contribution in [2.24, 2.45) is 17.8 Å². The van der Waals surface area contributed by atoms with Crippen molar-refractivity contribution in [3.8, 4) is 5.75 Å². The first kappa shape index (κ1) is 23.1. The first-order valence-corrected chi connectivity index (χ1v) is 11.1. The Morgan fingerprint density at radius 3 is 1.77 bits per heavy atom. The molecule has 30 heavy (non-hydrogen) atoms. The zero-order valence-electron chi connectivity index (χ0n) is 17.3. The van der Waals surface area contributed by atoms with Gasteiger partial charge in [0.25, 0.3) is 0 Å². The maximum atomic E-state index is 14.0. The van der Waals surface area contributed by atoms with Gasteiger partial charge in [0.2, 0.25) is 5.75 Å². The molecule has 1 aromatic rings. The van der Waals surface area contributed by atoms with Gasteiger partial charge < -0.3 is 4.74 Å². The van der Waals surface area contributed by atoms with E-state index in [0.717, 1.165) is 56.1 Å². The lowest BCUT2D eigenvalue weighted by Gasteiger charge is -2.32. The Hall–Kier alpha value is -1.59. The predicted molar refractivity (Wildman–Crippen MR) is 107 cm³/mol. The van der Waals surface area contributed by atoms with E-state index in [1.165, 1.54) is 38.5 Å². The van der Waals surface area contributed by atoms with Crippen molar-refractivity contribution >= 4 is 0 Å². The molecule has 1 aromatic carbocycles. The van der Waals surface area contributed by atoms with Crippen molar-refractivity contribution < 1.29 is 26.7 Å². The highest BCUT2D eigenvalue weighted by atomic mass is 19.4. The van der Waals surface area contributed by atoms with E-state index in [9.17, 15) is 22.0 Å². The molecule has 2 aliphatic carbocycles. The topological polar surface area (TPSA) is 9.23 Å². The highest BCUT2D eigenvalue weighted by molar-refractivity contribution is 5.33. The number of halogens is 5. The fourth-order valence-corrected chi connectivity index (χ4v) is 5.28. The van der Waals surface area contributed by atoms with Gasteiger partial charge >= 0.3 is 6.36 Å². The Morgan fingerprint density at radius 1 is 0.833 bits per heavy atom. The Balaban J connectivity index is 1.46. The molecule has 2 fully saturated rings. The fourth-order valence-electron chi connectivity index (χ4n) is 5.28. The third kappa shape index (κ3) is 6.45. The van der Waals surface area contributed by atoms with Crippen LogP contribution < -0.4 is 4.74 Å². The minimum atomic E-state index is -5.12. The fraction of sp³-hybridized carbons (Fsp3) is 0.667. The van der Waals surface area contributed by atoms with Gasteiger partial charge in [0.05, 0.1) is 0 Å². The largest absolute Gasteiger partial charge is 0.573 e. The summed E-state index contributed by atoms with van der Waals surface area (Å²) in [5.74, 6) is -1.72. The molecular weight excluding hydrogens is 399 g/mol. The van der Waals surface area contributed by atoms with Crippen LogP contribution in [0, 0.1) is 29.4 Å². The van der Waals surface area contributed by atoms with Crippen LogP contribution in [0.1, 0.15) is 82.1 Å². The molecule has 3 rings (SSSR count). The SMILES string of the molecule is C=CC[C@H]1CC[C@H](CC[C@H]2CC[C@H](c3cc(F)c(OC(F)(F)F)c(F)c3)CC2)CC1. The van der Waals surface area contributed by atoms with Crippen molar-refractivity contribution in [3.63, 3.8) is 0 Å². The van der Waals surface area contributed by atoms with Crippen LogP contribution in [0.15, 0.2) is 24.8 Å². The van der Waals surface area contributed by atoms with Crippen LogP contribution in [0.3, 0.4) is 0 Å². The quantitative estimate of drug-likeness (QED) is 0.312. The monoisotopic (exact) mass is 430 g/mol. The molecule has 0 amide bonds. The second kappa shape index (κ2) is 10.1. The van der Waals surface area contributed by atoms with E-state index in [0.29, 0.717) is 11.5 Å². The van der Waals surface area contributed by atoms with Crippen LogP contribution >= 0.6 is 0 Å². The van der Waals surface area contributed by atoms with Gasteiger partial charge in [0.15, 0.2) is 11.6 Å². The number of allylic oxidation sites excluding steroid dienone is 1. The Labute approximate surface area is 175 Å².